The van der Waals surface area contributed by atoms with E-state index in [-0.39, 0.29) is 0 Å². The van der Waals surface area contributed by atoms with Crippen LogP contribution in [-0.4, -0.2) is 24.5 Å². The molecule has 0 fully saturated rings. The second-order valence-electron chi connectivity index (χ2n) is 4.59. The van der Waals surface area contributed by atoms with E-state index >= 15 is 0 Å². The Morgan fingerprint density at radius 2 is 2.00 bits per heavy atom. The van der Waals surface area contributed by atoms with Gasteiger partial charge in [0.05, 0.1) is 6.54 Å². The molecule has 0 radical (unpaired) electrons. The Labute approximate surface area is 99.5 Å². The molecule has 0 saturated carbocycles. The summed E-state index contributed by atoms with van der Waals surface area (Å²) in [6, 6.07) is 7.16. The average molecular weight is 215 g/mol. The minimum absolute atomic E-state index is 0.484. The quantitative estimate of drug-likeness (QED) is 0.698. The van der Waals surface area contributed by atoms with E-state index in [0.29, 0.717) is 12.6 Å². The molecule has 1 atom stereocenters. The first-order valence-corrected chi connectivity index (χ1v) is 5.74. The summed E-state index contributed by atoms with van der Waals surface area (Å²) in [4.78, 5) is 2.20. The Bertz CT molecular complexity index is 387. The molecule has 1 heteroatoms. The Morgan fingerprint density at radius 1 is 1.31 bits per heavy atom. The molecule has 1 aromatic rings. The minimum atomic E-state index is 0.484. The molecule has 1 rings (SSSR count). The number of hydrogen-bond acceptors (Lipinski definition) is 1. The lowest BCUT2D eigenvalue weighted by atomic mass is 10.0. The third kappa shape index (κ3) is 3.40. The standard InChI is InChI=1S/C15H21N/c1-6-9-16(5)14(4)11-15-8-7-12(2)13(3)10-15/h1,7-8,10,14H,9,11H2,2-5H3/t14-/m1/s1. The zero-order valence-corrected chi connectivity index (χ0v) is 10.7. The van der Waals surface area contributed by atoms with Gasteiger partial charge in [0.15, 0.2) is 0 Å². The van der Waals surface area contributed by atoms with Gasteiger partial charge in [0.2, 0.25) is 0 Å². The van der Waals surface area contributed by atoms with Gasteiger partial charge in [0.25, 0.3) is 0 Å². The van der Waals surface area contributed by atoms with Crippen LogP contribution in [0.15, 0.2) is 18.2 Å². The fourth-order valence-electron chi connectivity index (χ4n) is 1.73. The van der Waals surface area contributed by atoms with Gasteiger partial charge in [-0.1, -0.05) is 24.1 Å². The second-order valence-corrected chi connectivity index (χ2v) is 4.59. The molecule has 0 spiro atoms. The van der Waals surface area contributed by atoms with Crippen molar-refractivity contribution in [1.29, 1.82) is 0 Å². The third-order valence-electron chi connectivity index (χ3n) is 3.20. The van der Waals surface area contributed by atoms with Gasteiger partial charge in [-0.2, -0.15) is 0 Å². The van der Waals surface area contributed by atoms with Crippen LogP contribution in [0, 0.1) is 26.2 Å². The van der Waals surface area contributed by atoms with E-state index in [1.54, 1.807) is 0 Å². The highest BCUT2D eigenvalue weighted by Crippen LogP contribution is 2.13. The molecular weight excluding hydrogens is 194 g/mol. The van der Waals surface area contributed by atoms with Crippen molar-refractivity contribution >= 4 is 0 Å². The lowest BCUT2D eigenvalue weighted by Crippen LogP contribution is -2.31. The summed E-state index contributed by atoms with van der Waals surface area (Å²) in [5, 5.41) is 0. The number of nitrogens with zero attached hydrogens (tertiary/aromatic N) is 1. The van der Waals surface area contributed by atoms with Crippen molar-refractivity contribution < 1.29 is 0 Å². The Balaban J connectivity index is 2.66. The first-order chi connectivity index (χ1) is 7.54. The van der Waals surface area contributed by atoms with E-state index in [1.165, 1.54) is 16.7 Å². The third-order valence-corrected chi connectivity index (χ3v) is 3.20. The van der Waals surface area contributed by atoms with Gasteiger partial charge in [-0.3, -0.25) is 4.90 Å². The largest absolute Gasteiger partial charge is 0.292 e. The molecule has 16 heavy (non-hydrogen) atoms. The SMILES string of the molecule is C#CCN(C)[C@H](C)Cc1ccc(C)c(C)c1. The van der Waals surface area contributed by atoms with E-state index in [4.69, 9.17) is 6.42 Å². The van der Waals surface area contributed by atoms with Crippen LogP contribution in [-0.2, 0) is 6.42 Å². The zero-order valence-electron chi connectivity index (χ0n) is 10.7. The number of likely N-dealkylation sites (N-methyl/N-ethyl adjacent to an activating group) is 1. The van der Waals surface area contributed by atoms with Gasteiger partial charge in [0.1, 0.15) is 0 Å². The van der Waals surface area contributed by atoms with Crippen LogP contribution in [0.5, 0.6) is 0 Å². The molecule has 1 nitrogen and oxygen atoms in total. The summed E-state index contributed by atoms with van der Waals surface area (Å²) < 4.78 is 0. The van der Waals surface area contributed by atoms with Crippen molar-refractivity contribution in [3.05, 3.63) is 34.9 Å². The molecule has 0 bridgehead atoms. The van der Waals surface area contributed by atoms with E-state index in [2.05, 4.69) is 56.8 Å². The van der Waals surface area contributed by atoms with Crippen LogP contribution >= 0.6 is 0 Å². The van der Waals surface area contributed by atoms with Crippen molar-refractivity contribution in [2.24, 2.45) is 0 Å². The smallest absolute Gasteiger partial charge is 0.0598 e. The molecule has 86 valence electrons. The van der Waals surface area contributed by atoms with Gasteiger partial charge in [-0.15, -0.1) is 6.42 Å². The molecule has 0 aliphatic heterocycles. The lowest BCUT2D eigenvalue weighted by molar-refractivity contribution is 0.287. The number of rotatable bonds is 4. The Kier molecular flexibility index (Phi) is 4.58. The van der Waals surface area contributed by atoms with Gasteiger partial charge >= 0.3 is 0 Å². The maximum atomic E-state index is 5.31. The molecule has 0 aliphatic rings. The van der Waals surface area contributed by atoms with Crippen LogP contribution in [0.4, 0.5) is 0 Å². The van der Waals surface area contributed by atoms with E-state index in [1.807, 2.05) is 0 Å². The van der Waals surface area contributed by atoms with Crippen LogP contribution in [0.2, 0.25) is 0 Å². The predicted octanol–water partition coefficient (Wildman–Crippen LogP) is 2.80. The van der Waals surface area contributed by atoms with Crippen molar-refractivity contribution in [2.75, 3.05) is 13.6 Å². The van der Waals surface area contributed by atoms with Gasteiger partial charge in [0, 0.05) is 6.04 Å². The molecule has 0 amide bonds. The highest BCUT2D eigenvalue weighted by Gasteiger charge is 2.08. The zero-order chi connectivity index (χ0) is 12.1. The Morgan fingerprint density at radius 3 is 2.56 bits per heavy atom. The summed E-state index contributed by atoms with van der Waals surface area (Å²) in [5.74, 6) is 2.68. The fraction of sp³-hybridized carbons (Fsp3) is 0.467. The van der Waals surface area contributed by atoms with E-state index < -0.39 is 0 Å². The van der Waals surface area contributed by atoms with Crippen LogP contribution in [0.25, 0.3) is 0 Å². The topological polar surface area (TPSA) is 3.24 Å². The highest BCUT2D eigenvalue weighted by molar-refractivity contribution is 5.30. The minimum Gasteiger partial charge on any atom is -0.292 e. The van der Waals surface area contributed by atoms with Crippen molar-refractivity contribution in [3.8, 4) is 12.3 Å². The molecule has 0 aliphatic carbocycles. The number of terminal acetylenes is 1. The monoisotopic (exact) mass is 215 g/mol. The molecular formula is C15H21N. The van der Waals surface area contributed by atoms with Crippen LogP contribution in [0.1, 0.15) is 23.6 Å². The normalized spacial score (nSPS) is 12.5. The first kappa shape index (κ1) is 12.8. The van der Waals surface area contributed by atoms with Crippen LogP contribution < -0.4 is 0 Å². The van der Waals surface area contributed by atoms with E-state index in [9.17, 15) is 0 Å². The van der Waals surface area contributed by atoms with Crippen molar-refractivity contribution in [3.63, 3.8) is 0 Å². The molecule has 0 N–H and O–H groups in total. The van der Waals surface area contributed by atoms with Crippen molar-refractivity contribution in [1.82, 2.24) is 4.90 Å². The second kappa shape index (κ2) is 5.72. The lowest BCUT2D eigenvalue weighted by Gasteiger charge is -2.22. The number of benzene rings is 1. The molecule has 0 aromatic heterocycles. The molecule has 0 unspecified atom stereocenters. The first-order valence-electron chi connectivity index (χ1n) is 5.74. The van der Waals surface area contributed by atoms with E-state index in [0.717, 1.165) is 6.42 Å². The maximum Gasteiger partial charge on any atom is 0.0598 e. The summed E-state index contributed by atoms with van der Waals surface area (Å²) in [5.41, 5.74) is 4.11. The number of hydrogen-bond donors (Lipinski definition) is 0. The fourth-order valence-corrected chi connectivity index (χ4v) is 1.73. The molecule has 0 saturated heterocycles. The summed E-state index contributed by atoms with van der Waals surface area (Å²) in [6.45, 7) is 7.24. The molecule has 1 aromatic carbocycles. The number of aryl methyl sites for hydroxylation is 2. The predicted molar refractivity (Wildman–Crippen MR) is 70.5 cm³/mol. The highest BCUT2D eigenvalue weighted by atomic mass is 15.1. The molecule has 0 heterocycles. The van der Waals surface area contributed by atoms with Crippen molar-refractivity contribution in [2.45, 2.75) is 33.2 Å². The van der Waals surface area contributed by atoms with Crippen LogP contribution in [0.3, 0.4) is 0 Å². The van der Waals surface area contributed by atoms with Gasteiger partial charge < -0.3 is 0 Å². The summed E-state index contributed by atoms with van der Waals surface area (Å²) in [7, 11) is 2.07. The summed E-state index contributed by atoms with van der Waals surface area (Å²) in [6.07, 6.45) is 6.37. The van der Waals surface area contributed by atoms with Gasteiger partial charge in [-0.05, 0) is 50.9 Å². The maximum absolute atomic E-state index is 5.31. The Hall–Kier alpha value is -1.26. The van der Waals surface area contributed by atoms with Gasteiger partial charge in [-0.25, -0.2) is 0 Å². The average Bonchev–Trinajstić information content (AvgIpc) is 2.24. The summed E-state index contributed by atoms with van der Waals surface area (Å²) >= 11 is 0.